The highest BCUT2D eigenvalue weighted by molar-refractivity contribution is 6.32. The molecule has 148 valence electrons. The van der Waals surface area contributed by atoms with E-state index in [1.165, 1.54) is 6.07 Å². The molecule has 0 aliphatic rings. The van der Waals surface area contributed by atoms with Crippen LogP contribution in [0.4, 0.5) is 14.5 Å². The molecular weight excluding hydrogens is 398 g/mol. The molecule has 0 atom stereocenters. The summed E-state index contributed by atoms with van der Waals surface area (Å²) in [5, 5.41) is 4.80. The summed E-state index contributed by atoms with van der Waals surface area (Å²) in [6.07, 6.45) is 0. The number of halogens is 3. The SMILES string of the molecule is O=C(COC(=O)COc1ccccc1Cl)NCC(=O)Nc1ccc(F)c(F)c1. The van der Waals surface area contributed by atoms with Gasteiger partial charge in [0.25, 0.3) is 5.91 Å². The van der Waals surface area contributed by atoms with E-state index < -0.39 is 49.2 Å². The maximum atomic E-state index is 13.1. The fourth-order valence-corrected chi connectivity index (χ4v) is 2.09. The van der Waals surface area contributed by atoms with Crippen LogP contribution in [0.25, 0.3) is 0 Å². The number of rotatable bonds is 8. The van der Waals surface area contributed by atoms with Gasteiger partial charge in [-0.3, -0.25) is 9.59 Å². The van der Waals surface area contributed by atoms with E-state index in [2.05, 4.69) is 10.6 Å². The summed E-state index contributed by atoms with van der Waals surface area (Å²) in [6, 6.07) is 9.34. The summed E-state index contributed by atoms with van der Waals surface area (Å²) in [6.45, 7) is -1.53. The van der Waals surface area contributed by atoms with Gasteiger partial charge in [-0.2, -0.15) is 0 Å². The van der Waals surface area contributed by atoms with Gasteiger partial charge >= 0.3 is 5.97 Å². The first kappa shape index (κ1) is 21.1. The van der Waals surface area contributed by atoms with Crippen molar-refractivity contribution in [1.82, 2.24) is 5.32 Å². The van der Waals surface area contributed by atoms with Crippen molar-refractivity contribution in [3.05, 3.63) is 59.1 Å². The van der Waals surface area contributed by atoms with Crippen LogP contribution in [0.1, 0.15) is 0 Å². The van der Waals surface area contributed by atoms with E-state index in [4.69, 9.17) is 21.1 Å². The van der Waals surface area contributed by atoms with E-state index in [0.717, 1.165) is 12.1 Å². The molecule has 0 radical (unpaired) electrons. The molecular formula is C18H15ClF2N2O5. The smallest absolute Gasteiger partial charge is 0.344 e. The van der Waals surface area contributed by atoms with E-state index in [-0.39, 0.29) is 5.69 Å². The highest BCUT2D eigenvalue weighted by Gasteiger charge is 2.11. The van der Waals surface area contributed by atoms with Crippen molar-refractivity contribution in [2.45, 2.75) is 0 Å². The van der Waals surface area contributed by atoms with Gasteiger partial charge in [-0.05, 0) is 24.3 Å². The Morgan fingerprint density at radius 3 is 2.43 bits per heavy atom. The molecule has 2 rings (SSSR count). The number of hydrogen-bond donors (Lipinski definition) is 2. The lowest BCUT2D eigenvalue weighted by Gasteiger charge is -2.09. The average Bonchev–Trinajstić information content (AvgIpc) is 2.67. The van der Waals surface area contributed by atoms with E-state index >= 15 is 0 Å². The van der Waals surface area contributed by atoms with Crippen molar-refractivity contribution in [3.8, 4) is 5.75 Å². The Morgan fingerprint density at radius 2 is 1.71 bits per heavy atom. The predicted molar refractivity (Wildman–Crippen MR) is 95.9 cm³/mol. The lowest BCUT2D eigenvalue weighted by Crippen LogP contribution is -2.36. The van der Waals surface area contributed by atoms with Crippen molar-refractivity contribution in [2.75, 3.05) is 25.1 Å². The number of anilines is 1. The third-order valence-corrected chi connectivity index (χ3v) is 3.51. The molecule has 0 bridgehead atoms. The molecule has 28 heavy (non-hydrogen) atoms. The minimum absolute atomic E-state index is 0.0290. The fraction of sp³-hybridized carbons (Fsp3) is 0.167. The van der Waals surface area contributed by atoms with Gasteiger partial charge in [-0.15, -0.1) is 0 Å². The molecule has 2 aromatic rings. The van der Waals surface area contributed by atoms with Gasteiger partial charge in [0.05, 0.1) is 11.6 Å². The minimum Gasteiger partial charge on any atom is -0.480 e. The zero-order valence-corrected chi connectivity index (χ0v) is 15.1. The first-order valence-corrected chi connectivity index (χ1v) is 8.27. The number of carbonyl (C=O) groups excluding carboxylic acids is 3. The number of esters is 1. The summed E-state index contributed by atoms with van der Waals surface area (Å²) < 4.78 is 35.7. The molecule has 0 saturated carbocycles. The lowest BCUT2D eigenvalue weighted by molar-refractivity contribution is -0.150. The van der Waals surface area contributed by atoms with Crippen molar-refractivity contribution in [2.24, 2.45) is 0 Å². The summed E-state index contributed by atoms with van der Waals surface area (Å²) in [5.74, 6) is -4.08. The zero-order valence-electron chi connectivity index (χ0n) is 14.3. The molecule has 0 unspecified atom stereocenters. The van der Waals surface area contributed by atoms with E-state index in [9.17, 15) is 23.2 Å². The summed E-state index contributed by atoms with van der Waals surface area (Å²) in [4.78, 5) is 34.8. The van der Waals surface area contributed by atoms with Crippen molar-refractivity contribution >= 4 is 35.1 Å². The first-order chi connectivity index (χ1) is 13.3. The molecule has 10 heteroatoms. The second-order valence-electron chi connectivity index (χ2n) is 5.33. The maximum Gasteiger partial charge on any atom is 0.344 e. The van der Waals surface area contributed by atoms with Gasteiger partial charge < -0.3 is 20.1 Å². The van der Waals surface area contributed by atoms with E-state index in [1.807, 2.05) is 0 Å². The molecule has 0 fully saturated rings. The Bertz CT molecular complexity index is 879. The number of para-hydroxylation sites is 1. The largest absolute Gasteiger partial charge is 0.480 e. The van der Waals surface area contributed by atoms with Crippen LogP contribution in [0.5, 0.6) is 5.75 Å². The second kappa shape index (κ2) is 10.2. The zero-order chi connectivity index (χ0) is 20.5. The van der Waals surface area contributed by atoms with Crippen LogP contribution in [0.3, 0.4) is 0 Å². The Kier molecular flexibility index (Phi) is 7.70. The van der Waals surface area contributed by atoms with Crippen molar-refractivity contribution in [3.63, 3.8) is 0 Å². The highest BCUT2D eigenvalue weighted by Crippen LogP contribution is 2.22. The van der Waals surface area contributed by atoms with E-state index in [0.29, 0.717) is 10.8 Å². The first-order valence-electron chi connectivity index (χ1n) is 7.89. The predicted octanol–water partition coefficient (Wildman–Crippen LogP) is 2.30. The standard InChI is InChI=1S/C18H15ClF2N2O5/c19-12-3-1-2-4-15(12)27-10-18(26)28-9-17(25)22-8-16(24)23-11-5-6-13(20)14(21)7-11/h1-7H,8-10H2,(H,22,25)(H,23,24). The van der Waals surface area contributed by atoms with Crippen LogP contribution in [0, 0.1) is 11.6 Å². The maximum absolute atomic E-state index is 13.1. The monoisotopic (exact) mass is 412 g/mol. The second-order valence-corrected chi connectivity index (χ2v) is 5.74. The van der Waals surface area contributed by atoms with Crippen molar-refractivity contribution < 1.29 is 32.6 Å². The molecule has 0 aromatic heterocycles. The van der Waals surface area contributed by atoms with Crippen LogP contribution in [-0.2, 0) is 19.1 Å². The van der Waals surface area contributed by atoms with Gasteiger partial charge in [0.1, 0.15) is 5.75 Å². The number of amides is 2. The van der Waals surface area contributed by atoms with Crippen LogP contribution in [0.15, 0.2) is 42.5 Å². The van der Waals surface area contributed by atoms with Crippen molar-refractivity contribution in [1.29, 1.82) is 0 Å². The third kappa shape index (κ3) is 6.84. The molecule has 2 N–H and O–H groups in total. The Balaban J connectivity index is 1.66. The van der Waals surface area contributed by atoms with Gasteiger partial charge in [-0.25, -0.2) is 13.6 Å². The molecule has 2 amide bonds. The molecule has 0 aliphatic carbocycles. The number of hydrogen-bond acceptors (Lipinski definition) is 5. The Labute approximate surface area is 163 Å². The van der Waals surface area contributed by atoms with Crippen LogP contribution < -0.4 is 15.4 Å². The molecule has 2 aromatic carbocycles. The molecule has 0 spiro atoms. The van der Waals surface area contributed by atoms with Gasteiger partial charge in [0.15, 0.2) is 24.8 Å². The Hall–Kier alpha value is -3.20. The molecule has 7 nitrogen and oxygen atoms in total. The Morgan fingerprint density at radius 1 is 0.964 bits per heavy atom. The molecule has 0 saturated heterocycles. The van der Waals surface area contributed by atoms with Gasteiger partial charge in [0, 0.05) is 11.8 Å². The topological polar surface area (TPSA) is 93.7 Å². The molecule has 0 aliphatic heterocycles. The highest BCUT2D eigenvalue weighted by atomic mass is 35.5. The summed E-state index contributed by atoms with van der Waals surface area (Å²) >= 11 is 5.86. The lowest BCUT2D eigenvalue weighted by atomic mass is 10.3. The minimum atomic E-state index is -1.12. The van der Waals surface area contributed by atoms with E-state index in [1.54, 1.807) is 24.3 Å². The van der Waals surface area contributed by atoms with Gasteiger partial charge in [0.2, 0.25) is 5.91 Å². The summed E-state index contributed by atoms with van der Waals surface area (Å²) in [5.41, 5.74) is 0.0290. The quantitative estimate of drug-likeness (QED) is 0.649. The average molecular weight is 413 g/mol. The number of ether oxygens (including phenoxy) is 2. The molecule has 0 heterocycles. The summed E-state index contributed by atoms with van der Waals surface area (Å²) in [7, 11) is 0. The van der Waals surface area contributed by atoms with Crippen LogP contribution in [-0.4, -0.2) is 37.5 Å². The normalized spacial score (nSPS) is 10.1. The number of benzene rings is 2. The third-order valence-electron chi connectivity index (χ3n) is 3.20. The van der Waals surface area contributed by atoms with Gasteiger partial charge in [-0.1, -0.05) is 23.7 Å². The fourth-order valence-electron chi connectivity index (χ4n) is 1.90. The van der Waals surface area contributed by atoms with Crippen LogP contribution >= 0.6 is 11.6 Å². The van der Waals surface area contributed by atoms with Crippen LogP contribution in [0.2, 0.25) is 5.02 Å². The number of carbonyl (C=O) groups is 3. The number of nitrogens with one attached hydrogen (secondary N) is 2.